The van der Waals surface area contributed by atoms with Crippen LogP contribution in [0.5, 0.6) is 0 Å². The van der Waals surface area contributed by atoms with Gasteiger partial charge >= 0.3 is 6.43 Å². The van der Waals surface area contributed by atoms with Crippen LogP contribution < -0.4 is 5.73 Å². The van der Waals surface area contributed by atoms with Crippen molar-refractivity contribution in [2.45, 2.75) is 13.0 Å². The topological polar surface area (TPSA) is 134 Å². The van der Waals surface area contributed by atoms with Crippen LogP contribution >= 0.6 is 0 Å². The average Bonchev–Trinajstić information content (AvgIpc) is 3.34. The zero-order chi connectivity index (χ0) is 19.7. The molecule has 1 aromatic carbocycles. The lowest BCUT2D eigenvalue weighted by molar-refractivity contribution is 0.116. The first-order valence-corrected chi connectivity index (χ1v) is 7.75. The second-order valence-corrected chi connectivity index (χ2v) is 5.54. The lowest BCUT2D eigenvalue weighted by atomic mass is 10.1. The van der Waals surface area contributed by atoms with Gasteiger partial charge in [0.25, 0.3) is 5.89 Å². The van der Waals surface area contributed by atoms with Gasteiger partial charge in [-0.2, -0.15) is 13.6 Å². The summed E-state index contributed by atoms with van der Waals surface area (Å²) in [5.41, 5.74) is 6.31. The number of aromatic nitrogens is 8. The van der Waals surface area contributed by atoms with Crippen LogP contribution in [0.4, 0.5) is 18.9 Å². The molecule has 0 saturated heterocycles. The average molecular weight is 389 g/mol. The molecule has 0 fully saturated rings. The van der Waals surface area contributed by atoms with Gasteiger partial charge in [0, 0.05) is 11.1 Å². The lowest BCUT2D eigenvalue weighted by Crippen LogP contribution is -2.06. The number of hydrogen-bond donors (Lipinski definition) is 1. The molecule has 0 aliphatic rings. The van der Waals surface area contributed by atoms with Crippen LogP contribution in [0.2, 0.25) is 0 Å². The minimum Gasteiger partial charge on any atom is -0.415 e. The Morgan fingerprint density at radius 1 is 1.07 bits per heavy atom. The quantitative estimate of drug-likeness (QED) is 0.543. The second-order valence-electron chi connectivity index (χ2n) is 5.54. The fourth-order valence-electron chi connectivity index (χ4n) is 2.25. The normalized spacial score (nSPS) is 11.3. The Hall–Kier alpha value is -3.90. The van der Waals surface area contributed by atoms with Crippen molar-refractivity contribution in [3.05, 3.63) is 47.9 Å². The molecular weight excluding hydrogens is 379 g/mol. The fourth-order valence-corrected chi connectivity index (χ4v) is 2.25. The van der Waals surface area contributed by atoms with Gasteiger partial charge in [0.05, 0.1) is 24.6 Å². The zero-order valence-electron chi connectivity index (χ0n) is 13.9. The molecule has 0 unspecified atom stereocenters. The van der Waals surface area contributed by atoms with Crippen molar-refractivity contribution < 1.29 is 17.6 Å². The highest BCUT2D eigenvalue weighted by Gasteiger charge is 2.18. The molecule has 0 bridgehead atoms. The number of nitrogens with zero attached hydrogens (tertiary/aromatic N) is 8. The van der Waals surface area contributed by atoms with Crippen molar-refractivity contribution in [1.82, 2.24) is 40.4 Å². The maximum absolute atomic E-state index is 14.4. The number of alkyl halides is 2. The minimum atomic E-state index is -2.90. The molecule has 0 atom stereocenters. The highest BCUT2D eigenvalue weighted by Crippen LogP contribution is 2.25. The van der Waals surface area contributed by atoms with Gasteiger partial charge in [-0.25, -0.2) is 14.4 Å². The Bertz CT molecular complexity index is 1110. The molecule has 4 rings (SSSR count). The minimum absolute atomic E-state index is 0.0276. The molecule has 0 radical (unpaired) electrons. The Morgan fingerprint density at radius 3 is 2.54 bits per heavy atom. The summed E-state index contributed by atoms with van der Waals surface area (Å²) in [4.78, 5) is 9.12. The third kappa shape index (κ3) is 3.49. The molecule has 2 N–H and O–H groups in total. The molecule has 3 heterocycles. The molecule has 0 spiro atoms. The smallest absolute Gasteiger partial charge is 0.314 e. The largest absolute Gasteiger partial charge is 0.415 e. The SMILES string of the molecule is Nc1cnc(-c2nnn(Cc3ccc(-c4nnc(C(F)F)o4)cc3F)n2)nc1. The van der Waals surface area contributed by atoms with E-state index in [-0.39, 0.29) is 35.2 Å². The standard InChI is InChI=1S/C15H10F3N9O/c16-10-3-7(14-23-24-15(28-14)11(17)18)1-2-8(10)6-27-25-13(22-26-27)12-20-4-9(19)5-21-12/h1-5,11H,6,19H2. The van der Waals surface area contributed by atoms with Crippen LogP contribution in [0.15, 0.2) is 35.0 Å². The fraction of sp³-hybridized carbons (Fsp3) is 0.133. The molecule has 4 aromatic rings. The first kappa shape index (κ1) is 17.5. The van der Waals surface area contributed by atoms with E-state index in [2.05, 4.69) is 35.6 Å². The molecule has 142 valence electrons. The summed E-state index contributed by atoms with van der Waals surface area (Å²) >= 11 is 0. The van der Waals surface area contributed by atoms with E-state index in [9.17, 15) is 13.2 Å². The Labute approximate surface area is 154 Å². The number of benzene rings is 1. The van der Waals surface area contributed by atoms with Gasteiger partial charge in [-0.05, 0) is 17.3 Å². The molecule has 0 aliphatic heterocycles. The van der Waals surface area contributed by atoms with Crippen molar-refractivity contribution >= 4 is 5.69 Å². The van der Waals surface area contributed by atoms with E-state index in [1.54, 1.807) is 0 Å². The summed E-state index contributed by atoms with van der Waals surface area (Å²) < 4.78 is 44.2. The monoisotopic (exact) mass is 389 g/mol. The summed E-state index contributed by atoms with van der Waals surface area (Å²) in [6, 6.07) is 3.99. The van der Waals surface area contributed by atoms with Crippen LogP contribution in [-0.4, -0.2) is 40.4 Å². The van der Waals surface area contributed by atoms with Gasteiger partial charge in [0.2, 0.25) is 17.5 Å². The molecule has 0 aliphatic carbocycles. The van der Waals surface area contributed by atoms with E-state index in [0.29, 0.717) is 5.69 Å². The lowest BCUT2D eigenvalue weighted by Gasteiger charge is -2.03. The van der Waals surface area contributed by atoms with Gasteiger partial charge < -0.3 is 10.2 Å². The maximum Gasteiger partial charge on any atom is 0.314 e. The van der Waals surface area contributed by atoms with E-state index in [4.69, 9.17) is 10.2 Å². The van der Waals surface area contributed by atoms with E-state index in [1.165, 1.54) is 24.5 Å². The summed E-state index contributed by atoms with van der Waals surface area (Å²) in [5, 5.41) is 18.4. The molecule has 3 aromatic heterocycles. The van der Waals surface area contributed by atoms with Crippen molar-refractivity contribution in [3.63, 3.8) is 0 Å². The Balaban J connectivity index is 1.53. The third-order valence-electron chi connectivity index (χ3n) is 3.56. The molecule has 10 nitrogen and oxygen atoms in total. The molecule has 0 saturated carbocycles. The third-order valence-corrected chi connectivity index (χ3v) is 3.56. The first-order valence-electron chi connectivity index (χ1n) is 7.75. The van der Waals surface area contributed by atoms with E-state index < -0.39 is 18.1 Å². The zero-order valence-corrected chi connectivity index (χ0v) is 13.9. The van der Waals surface area contributed by atoms with Crippen LogP contribution in [-0.2, 0) is 6.54 Å². The number of hydrogen-bond acceptors (Lipinski definition) is 9. The number of rotatable bonds is 5. The number of nitrogen functional groups attached to an aromatic ring is 1. The Morgan fingerprint density at radius 2 is 1.86 bits per heavy atom. The molecule has 0 amide bonds. The maximum atomic E-state index is 14.4. The van der Waals surface area contributed by atoms with Crippen molar-refractivity contribution in [2.75, 3.05) is 5.73 Å². The van der Waals surface area contributed by atoms with Gasteiger partial charge in [0.1, 0.15) is 5.82 Å². The highest BCUT2D eigenvalue weighted by atomic mass is 19.3. The van der Waals surface area contributed by atoms with Crippen LogP contribution in [0.3, 0.4) is 0 Å². The number of nitrogens with two attached hydrogens (primary N) is 1. The van der Waals surface area contributed by atoms with E-state index in [0.717, 1.165) is 10.9 Å². The first-order chi connectivity index (χ1) is 13.5. The van der Waals surface area contributed by atoms with Crippen molar-refractivity contribution in [1.29, 1.82) is 0 Å². The van der Waals surface area contributed by atoms with Crippen molar-refractivity contribution in [2.24, 2.45) is 0 Å². The second kappa shape index (κ2) is 7.02. The number of halogens is 3. The van der Waals surface area contributed by atoms with Gasteiger partial charge in [0.15, 0.2) is 0 Å². The van der Waals surface area contributed by atoms with Crippen molar-refractivity contribution in [3.8, 4) is 23.1 Å². The van der Waals surface area contributed by atoms with E-state index >= 15 is 0 Å². The summed E-state index contributed by atoms with van der Waals surface area (Å²) in [6.45, 7) is -0.0276. The summed E-state index contributed by atoms with van der Waals surface area (Å²) in [6.07, 6.45) is -0.0976. The predicted molar refractivity (Wildman–Crippen MR) is 87.0 cm³/mol. The van der Waals surface area contributed by atoms with Gasteiger partial charge in [-0.3, -0.25) is 0 Å². The molecule has 28 heavy (non-hydrogen) atoms. The number of tetrazole rings is 1. The molecular formula is C15H10F3N9O. The van der Waals surface area contributed by atoms with Crippen LogP contribution in [0, 0.1) is 5.82 Å². The van der Waals surface area contributed by atoms with E-state index in [1.807, 2.05) is 0 Å². The number of anilines is 1. The summed E-state index contributed by atoms with van der Waals surface area (Å²) in [7, 11) is 0. The van der Waals surface area contributed by atoms with Crippen LogP contribution in [0.25, 0.3) is 23.1 Å². The Kier molecular flexibility index (Phi) is 4.39. The van der Waals surface area contributed by atoms with Gasteiger partial charge in [-0.1, -0.05) is 6.07 Å². The highest BCUT2D eigenvalue weighted by molar-refractivity contribution is 5.53. The molecule has 13 heteroatoms. The predicted octanol–water partition coefficient (Wildman–Crippen LogP) is 1.89. The van der Waals surface area contributed by atoms with Crippen LogP contribution in [0.1, 0.15) is 17.9 Å². The van der Waals surface area contributed by atoms with Gasteiger partial charge in [-0.15, -0.1) is 20.4 Å². The summed E-state index contributed by atoms with van der Waals surface area (Å²) in [5.74, 6) is -1.28.